The molecule has 0 aliphatic carbocycles. The predicted octanol–water partition coefficient (Wildman–Crippen LogP) is 3.24. The van der Waals surface area contributed by atoms with Crippen LogP contribution in [-0.2, 0) is 4.74 Å². The summed E-state index contributed by atoms with van der Waals surface area (Å²) in [6.07, 6.45) is 2.26. The summed E-state index contributed by atoms with van der Waals surface area (Å²) >= 11 is 0. The lowest BCUT2D eigenvalue weighted by Crippen LogP contribution is -2.32. The molecule has 15 heavy (non-hydrogen) atoms. The largest absolute Gasteiger partial charge is 0.396 e. The van der Waals surface area contributed by atoms with E-state index in [0.29, 0.717) is 6.61 Å². The average molecular weight is 216 g/mol. The van der Waals surface area contributed by atoms with Crippen LogP contribution >= 0.6 is 0 Å². The first-order valence-corrected chi connectivity index (χ1v) is 5.93. The molecule has 0 spiro atoms. The molecule has 1 N–H and O–H groups in total. The molecule has 0 aromatic rings. The van der Waals surface area contributed by atoms with Crippen molar-refractivity contribution in [3.8, 4) is 0 Å². The molecular formula is C13H28O2. The SMILES string of the molecule is CC(C)CCC(C)(C)OCC(C)(C)CO. The highest BCUT2D eigenvalue weighted by Crippen LogP contribution is 2.24. The van der Waals surface area contributed by atoms with Crippen molar-refractivity contribution in [2.45, 2.75) is 60.0 Å². The predicted molar refractivity (Wildman–Crippen MR) is 65.0 cm³/mol. The molecule has 0 amide bonds. The van der Waals surface area contributed by atoms with E-state index in [9.17, 15) is 0 Å². The van der Waals surface area contributed by atoms with Crippen LogP contribution in [0.4, 0.5) is 0 Å². The summed E-state index contributed by atoms with van der Waals surface area (Å²) in [7, 11) is 0. The summed E-state index contributed by atoms with van der Waals surface area (Å²) in [6, 6.07) is 0. The molecule has 0 heterocycles. The highest BCUT2D eigenvalue weighted by Gasteiger charge is 2.24. The van der Waals surface area contributed by atoms with Gasteiger partial charge < -0.3 is 9.84 Å². The Morgan fingerprint density at radius 2 is 1.67 bits per heavy atom. The number of rotatable bonds is 7. The van der Waals surface area contributed by atoms with E-state index in [1.165, 1.54) is 6.42 Å². The molecule has 0 unspecified atom stereocenters. The summed E-state index contributed by atoms with van der Waals surface area (Å²) in [5.74, 6) is 0.721. The minimum absolute atomic E-state index is 0.0727. The molecule has 0 aromatic heterocycles. The van der Waals surface area contributed by atoms with Crippen molar-refractivity contribution < 1.29 is 9.84 Å². The van der Waals surface area contributed by atoms with Crippen molar-refractivity contribution in [1.82, 2.24) is 0 Å². The van der Waals surface area contributed by atoms with E-state index < -0.39 is 0 Å². The monoisotopic (exact) mass is 216 g/mol. The average Bonchev–Trinajstić information content (AvgIpc) is 2.13. The van der Waals surface area contributed by atoms with Crippen molar-refractivity contribution in [3.63, 3.8) is 0 Å². The second kappa shape index (κ2) is 5.86. The van der Waals surface area contributed by atoms with Gasteiger partial charge >= 0.3 is 0 Å². The zero-order chi connectivity index (χ0) is 12.1. The van der Waals surface area contributed by atoms with Gasteiger partial charge in [-0.25, -0.2) is 0 Å². The molecular weight excluding hydrogens is 188 g/mol. The summed E-state index contributed by atoms with van der Waals surface area (Å²) in [5, 5.41) is 9.13. The Bertz CT molecular complexity index is 171. The smallest absolute Gasteiger partial charge is 0.0626 e. The fourth-order valence-electron chi connectivity index (χ4n) is 1.14. The molecule has 0 aliphatic rings. The third-order valence-corrected chi connectivity index (χ3v) is 2.61. The van der Waals surface area contributed by atoms with Gasteiger partial charge in [0.05, 0.1) is 18.8 Å². The van der Waals surface area contributed by atoms with Crippen molar-refractivity contribution in [2.24, 2.45) is 11.3 Å². The summed E-state index contributed by atoms with van der Waals surface area (Å²) < 4.78 is 5.88. The van der Waals surface area contributed by atoms with Gasteiger partial charge in [-0.3, -0.25) is 0 Å². The van der Waals surface area contributed by atoms with Gasteiger partial charge in [0.25, 0.3) is 0 Å². The third-order valence-electron chi connectivity index (χ3n) is 2.61. The van der Waals surface area contributed by atoms with E-state index in [-0.39, 0.29) is 17.6 Å². The standard InChI is InChI=1S/C13H28O2/c1-11(2)7-8-13(5,6)15-10-12(3,4)9-14/h11,14H,7-10H2,1-6H3. The van der Waals surface area contributed by atoms with E-state index in [0.717, 1.165) is 12.3 Å². The van der Waals surface area contributed by atoms with Gasteiger partial charge in [0, 0.05) is 5.41 Å². The van der Waals surface area contributed by atoms with E-state index in [2.05, 4.69) is 27.7 Å². The lowest BCUT2D eigenvalue weighted by atomic mass is 9.94. The number of ether oxygens (including phenoxy) is 1. The lowest BCUT2D eigenvalue weighted by Gasteiger charge is -2.31. The van der Waals surface area contributed by atoms with Crippen LogP contribution < -0.4 is 0 Å². The van der Waals surface area contributed by atoms with Crippen LogP contribution in [0.2, 0.25) is 0 Å². The van der Waals surface area contributed by atoms with Crippen LogP contribution in [0.25, 0.3) is 0 Å². The van der Waals surface area contributed by atoms with Crippen LogP contribution in [0.15, 0.2) is 0 Å². The molecule has 92 valence electrons. The zero-order valence-electron chi connectivity index (χ0n) is 11.3. The minimum atomic E-state index is -0.130. The fraction of sp³-hybridized carbons (Fsp3) is 1.00. The maximum atomic E-state index is 9.13. The van der Waals surface area contributed by atoms with Crippen LogP contribution in [0, 0.1) is 11.3 Å². The molecule has 0 aromatic carbocycles. The summed E-state index contributed by atoms with van der Waals surface area (Å²) in [4.78, 5) is 0. The summed E-state index contributed by atoms with van der Waals surface area (Å²) in [6.45, 7) is 13.5. The first-order valence-electron chi connectivity index (χ1n) is 5.93. The van der Waals surface area contributed by atoms with Crippen molar-refractivity contribution in [3.05, 3.63) is 0 Å². The molecule has 0 radical (unpaired) electrons. The number of hydrogen-bond acceptors (Lipinski definition) is 2. The Labute approximate surface area is 95.0 Å². The molecule has 0 saturated carbocycles. The second-order valence-electron chi connectivity index (χ2n) is 6.30. The molecule has 0 atom stereocenters. The fourth-order valence-corrected chi connectivity index (χ4v) is 1.14. The van der Waals surface area contributed by atoms with Gasteiger partial charge in [0.2, 0.25) is 0 Å². The van der Waals surface area contributed by atoms with Crippen LogP contribution in [0.5, 0.6) is 0 Å². The van der Waals surface area contributed by atoms with Crippen LogP contribution in [-0.4, -0.2) is 23.9 Å². The Balaban J connectivity index is 3.93. The topological polar surface area (TPSA) is 29.5 Å². The third kappa shape index (κ3) is 7.80. The number of hydrogen-bond donors (Lipinski definition) is 1. The van der Waals surface area contributed by atoms with Crippen LogP contribution in [0.1, 0.15) is 54.4 Å². The normalized spacial score (nSPS) is 13.6. The highest BCUT2D eigenvalue weighted by molar-refractivity contribution is 4.73. The Morgan fingerprint density at radius 1 is 1.13 bits per heavy atom. The van der Waals surface area contributed by atoms with Gasteiger partial charge in [0.15, 0.2) is 0 Å². The van der Waals surface area contributed by atoms with E-state index in [4.69, 9.17) is 9.84 Å². The molecule has 0 fully saturated rings. The second-order valence-corrected chi connectivity index (χ2v) is 6.30. The maximum Gasteiger partial charge on any atom is 0.0626 e. The summed E-state index contributed by atoms with van der Waals surface area (Å²) in [5.41, 5.74) is -0.203. The van der Waals surface area contributed by atoms with Gasteiger partial charge in [-0.2, -0.15) is 0 Å². The van der Waals surface area contributed by atoms with Crippen LogP contribution in [0.3, 0.4) is 0 Å². The molecule has 0 aliphatic heterocycles. The van der Waals surface area contributed by atoms with Gasteiger partial charge in [-0.05, 0) is 32.6 Å². The van der Waals surface area contributed by atoms with Crippen molar-refractivity contribution >= 4 is 0 Å². The first-order chi connectivity index (χ1) is 6.68. The van der Waals surface area contributed by atoms with Crippen molar-refractivity contribution in [1.29, 1.82) is 0 Å². The Morgan fingerprint density at radius 3 is 2.07 bits per heavy atom. The molecule has 0 rings (SSSR count). The quantitative estimate of drug-likeness (QED) is 0.708. The molecule has 2 nitrogen and oxygen atoms in total. The lowest BCUT2D eigenvalue weighted by molar-refractivity contribution is -0.0723. The first kappa shape index (κ1) is 14.9. The molecule has 0 saturated heterocycles. The Kier molecular flexibility index (Phi) is 5.82. The van der Waals surface area contributed by atoms with Gasteiger partial charge in [-0.15, -0.1) is 0 Å². The molecule has 2 heteroatoms. The molecule has 0 bridgehead atoms. The van der Waals surface area contributed by atoms with Crippen molar-refractivity contribution in [2.75, 3.05) is 13.2 Å². The zero-order valence-corrected chi connectivity index (χ0v) is 11.3. The van der Waals surface area contributed by atoms with E-state index in [1.807, 2.05) is 13.8 Å². The maximum absolute atomic E-state index is 9.13. The van der Waals surface area contributed by atoms with Gasteiger partial charge in [0.1, 0.15) is 0 Å². The highest BCUT2D eigenvalue weighted by atomic mass is 16.5. The van der Waals surface area contributed by atoms with E-state index >= 15 is 0 Å². The number of aliphatic hydroxyl groups is 1. The van der Waals surface area contributed by atoms with Gasteiger partial charge in [-0.1, -0.05) is 27.7 Å². The Hall–Kier alpha value is -0.0800. The van der Waals surface area contributed by atoms with E-state index in [1.54, 1.807) is 0 Å². The number of aliphatic hydroxyl groups excluding tert-OH is 1. The minimum Gasteiger partial charge on any atom is -0.396 e.